The van der Waals surface area contributed by atoms with Gasteiger partial charge in [-0.25, -0.2) is 9.97 Å². The maximum absolute atomic E-state index is 4.82. The summed E-state index contributed by atoms with van der Waals surface area (Å²) in [5, 5.41) is 1.07. The van der Waals surface area contributed by atoms with Gasteiger partial charge in [-0.1, -0.05) is 11.8 Å². The highest BCUT2D eigenvalue weighted by molar-refractivity contribution is 7.99. The van der Waals surface area contributed by atoms with Gasteiger partial charge in [-0.2, -0.15) is 0 Å². The molecule has 22 heavy (non-hydrogen) atoms. The van der Waals surface area contributed by atoms with Gasteiger partial charge in [0.1, 0.15) is 0 Å². The second kappa shape index (κ2) is 6.37. The third kappa shape index (κ3) is 3.17. The molecular formula is C18H25N3S. The quantitative estimate of drug-likeness (QED) is 0.597. The first-order valence-corrected chi connectivity index (χ1v) is 8.53. The lowest BCUT2D eigenvalue weighted by Crippen LogP contribution is -2.05. The van der Waals surface area contributed by atoms with Gasteiger partial charge in [-0.15, -0.1) is 0 Å². The standard InChI is InChI=1S/C18H25N3S/c1-9-10(2)13(5)19-17(11(9)3)16(8)22-18-20-14(6)12(4)15(7)21-18/h16H,1-8H3. The van der Waals surface area contributed by atoms with Gasteiger partial charge in [0, 0.05) is 17.1 Å². The minimum absolute atomic E-state index is 0.236. The van der Waals surface area contributed by atoms with Crippen LogP contribution in [0.15, 0.2) is 5.16 Å². The van der Waals surface area contributed by atoms with Crippen molar-refractivity contribution in [3.8, 4) is 0 Å². The highest BCUT2D eigenvalue weighted by Crippen LogP contribution is 2.35. The third-order valence-electron chi connectivity index (χ3n) is 4.62. The van der Waals surface area contributed by atoms with Crippen LogP contribution in [0.25, 0.3) is 0 Å². The van der Waals surface area contributed by atoms with Crippen molar-refractivity contribution in [3.05, 3.63) is 45.0 Å². The lowest BCUT2D eigenvalue weighted by Gasteiger charge is -2.18. The molecule has 118 valence electrons. The van der Waals surface area contributed by atoms with E-state index in [9.17, 15) is 0 Å². The molecule has 0 aliphatic carbocycles. The molecule has 3 nitrogen and oxygen atoms in total. The van der Waals surface area contributed by atoms with Gasteiger partial charge in [0.2, 0.25) is 0 Å². The molecule has 0 fully saturated rings. The molecule has 0 saturated heterocycles. The van der Waals surface area contributed by atoms with Crippen LogP contribution >= 0.6 is 11.8 Å². The van der Waals surface area contributed by atoms with Crippen molar-refractivity contribution < 1.29 is 0 Å². The zero-order chi connectivity index (χ0) is 16.6. The van der Waals surface area contributed by atoms with Crippen LogP contribution in [-0.4, -0.2) is 15.0 Å². The molecule has 2 aromatic rings. The maximum atomic E-state index is 4.82. The van der Waals surface area contributed by atoms with Crippen molar-refractivity contribution in [2.24, 2.45) is 0 Å². The lowest BCUT2D eigenvalue weighted by atomic mass is 10.0. The van der Waals surface area contributed by atoms with Gasteiger partial charge in [-0.05, 0) is 77.6 Å². The van der Waals surface area contributed by atoms with Crippen molar-refractivity contribution in [2.75, 3.05) is 0 Å². The van der Waals surface area contributed by atoms with Gasteiger partial charge in [-0.3, -0.25) is 4.98 Å². The first-order chi connectivity index (χ1) is 10.2. The number of aryl methyl sites for hydroxylation is 3. The van der Waals surface area contributed by atoms with E-state index >= 15 is 0 Å². The molecule has 0 bridgehead atoms. The Labute approximate surface area is 138 Å². The van der Waals surface area contributed by atoms with E-state index in [1.54, 1.807) is 11.8 Å². The van der Waals surface area contributed by atoms with E-state index in [2.05, 4.69) is 51.5 Å². The molecule has 2 rings (SSSR count). The van der Waals surface area contributed by atoms with E-state index < -0.39 is 0 Å². The Bertz CT molecular complexity index is 700. The molecular weight excluding hydrogens is 290 g/mol. The number of hydrogen-bond acceptors (Lipinski definition) is 4. The fourth-order valence-electron chi connectivity index (χ4n) is 2.50. The fourth-order valence-corrected chi connectivity index (χ4v) is 3.53. The van der Waals surface area contributed by atoms with Crippen LogP contribution in [0.1, 0.15) is 57.2 Å². The number of thioether (sulfide) groups is 1. The van der Waals surface area contributed by atoms with Crippen LogP contribution in [0.5, 0.6) is 0 Å². The SMILES string of the molecule is Cc1nc(SC(C)c2nc(C)c(C)c(C)c2C)nc(C)c1C. The van der Waals surface area contributed by atoms with Crippen molar-refractivity contribution >= 4 is 11.8 Å². The second-order valence-corrected chi connectivity index (χ2v) is 7.33. The van der Waals surface area contributed by atoms with E-state index in [-0.39, 0.29) is 5.25 Å². The van der Waals surface area contributed by atoms with E-state index in [0.29, 0.717) is 0 Å². The van der Waals surface area contributed by atoms with E-state index in [0.717, 1.165) is 27.9 Å². The molecule has 0 aromatic carbocycles. The number of aromatic nitrogens is 3. The summed E-state index contributed by atoms with van der Waals surface area (Å²) in [6.45, 7) is 16.9. The molecule has 2 heterocycles. The summed E-state index contributed by atoms with van der Waals surface area (Å²) in [6.07, 6.45) is 0. The Kier molecular flexibility index (Phi) is 4.90. The normalized spacial score (nSPS) is 12.5. The van der Waals surface area contributed by atoms with Gasteiger partial charge >= 0.3 is 0 Å². The van der Waals surface area contributed by atoms with Crippen molar-refractivity contribution in [1.82, 2.24) is 15.0 Å². The molecule has 0 aliphatic rings. The van der Waals surface area contributed by atoms with Crippen LogP contribution < -0.4 is 0 Å². The summed E-state index contributed by atoms with van der Waals surface area (Å²) in [5.41, 5.74) is 9.46. The summed E-state index contributed by atoms with van der Waals surface area (Å²) in [6, 6.07) is 0. The summed E-state index contributed by atoms with van der Waals surface area (Å²) in [5.74, 6) is 0. The molecule has 1 atom stereocenters. The van der Waals surface area contributed by atoms with Crippen molar-refractivity contribution in [1.29, 1.82) is 0 Å². The molecule has 1 unspecified atom stereocenters. The Hall–Kier alpha value is -1.42. The molecule has 0 radical (unpaired) electrons. The smallest absolute Gasteiger partial charge is 0.188 e. The minimum Gasteiger partial charge on any atom is -0.256 e. The average Bonchev–Trinajstić information content (AvgIpc) is 2.46. The second-order valence-electron chi connectivity index (χ2n) is 6.02. The van der Waals surface area contributed by atoms with Crippen LogP contribution in [0.4, 0.5) is 0 Å². The molecule has 0 amide bonds. The highest BCUT2D eigenvalue weighted by Gasteiger charge is 2.17. The maximum Gasteiger partial charge on any atom is 0.188 e. The average molecular weight is 315 g/mol. The molecule has 0 N–H and O–H groups in total. The third-order valence-corrected chi connectivity index (χ3v) is 5.59. The van der Waals surface area contributed by atoms with Crippen molar-refractivity contribution in [3.63, 3.8) is 0 Å². The number of pyridine rings is 1. The number of hydrogen-bond donors (Lipinski definition) is 0. The predicted octanol–water partition coefficient (Wildman–Crippen LogP) is 4.88. The Balaban J connectivity index is 2.36. The summed E-state index contributed by atoms with van der Waals surface area (Å²) < 4.78 is 0. The summed E-state index contributed by atoms with van der Waals surface area (Å²) in [4.78, 5) is 14.0. The van der Waals surface area contributed by atoms with E-state index in [1.165, 1.54) is 22.3 Å². The number of rotatable bonds is 3. The Morgan fingerprint density at radius 3 is 1.68 bits per heavy atom. The molecule has 0 spiro atoms. The minimum atomic E-state index is 0.236. The Morgan fingerprint density at radius 2 is 1.14 bits per heavy atom. The zero-order valence-electron chi connectivity index (χ0n) is 14.8. The summed E-state index contributed by atoms with van der Waals surface area (Å²) in [7, 11) is 0. The van der Waals surface area contributed by atoms with Crippen LogP contribution in [0.2, 0.25) is 0 Å². The molecule has 0 aliphatic heterocycles. The first kappa shape index (κ1) is 16.9. The molecule has 4 heteroatoms. The van der Waals surface area contributed by atoms with Crippen molar-refractivity contribution in [2.45, 2.75) is 65.8 Å². The van der Waals surface area contributed by atoms with E-state index in [1.807, 2.05) is 13.8 Å². The largest absolute Gasteiger partial charge is 0.256 e. The van der Waals surface area contributed by atoms with Gasteiger partial charge in [0.15, 0.2) is 5.16 Å². The molecule has 0 saturated carbocycles. The van der Waals surface area contributed by atoms with Crippen LogP contribution in [0, 0.1) is 48.5 Å². The van der Waals surface area contributed by atoms with E-state index in [4.69, 9.17) is 4.98 Å². The topological polar surface area (TPSA) is 38.7 Å². The summed E-state index contributed by atoms with van der Waals surface area (Å²) >= 11 is 1.69. The van der Waals surface area contributed by atoms with Crippen LogP contribution in [-0.2, 0) is 0 Å². The zero-order valence-corrected chi connectivity index (χ0v) is 15.6. The Morgan fingerprint density at radius 1 is 0.636 bits per heavy atom. The highest BCUT2D eigenvalue weighted by atomic mass is 32.2. The predicted molar refractivity (Wildman–Crippen MR) is 93.7 cm³/mol. The van der Waals surface area contributed by atoms with Gasteiger partial charge in [0.25, 0.3) is 0 Å². The number of nitrogens with zero attached hydrogens (tertiary/aromatic N) is 3. The molecule has 2 aromatic heterocycles. The van der Waals surface area contributed by atoms with Crippen LogP contribution in [0.3, 0.4) is 0 Å². The van der Waals surface area contributed by atoms with Gasteiger partial charge in [0.05, 0.1) is 10.9 Å². The first-order valence-electron chi connectivity index (χ1n) is 7.65. The monoisotopic (exact) mass is 315 g/mol. The van der Waals surface area contributed by atoms with Gasteiger partial charge < -0.3 is 0 Å². The lowest BCUT2D eigenvalue weighted by molar-refractivity contribution is 0.866. The fraction of sp³-hybridized carbons (Fsp3) is 0.500.